The number of hydrogen-bond donors (Lipinski definition) is 2. The molecule has 2 aromatic rings. The van der Waals surface area contributed by atoms with Crippen LogP contribution in [0.3, 0.4) is 0 Å². The molecule has 1 saturated heterocycles. The summed E-state index contributed by atoms with van der Waals surface area (Å²) in [7, 11) is 0. The lowest BCUT2D eigenvalue weighted by Gasteiger charge is -2.29. The van der Waals surface area contributed by atoms with E-state index in [1.165, 1.54) is 0 Å². The topological polar surface area (TPSA) is 79.9 Å². The molecule has 3 rings (SSSR count). The second-order valence-electron chi connectivity index (χ2n) is 5.34. The molecule has 0 aliphatic carbocycles. The molecular formula is C15H20N4O2. The van der Waals surface area contributed by atoms with E-state index in [1.54, 1.807) is 6.20 Å². The Balaban J connectivity index is 1.62. The number of aromatic amines is 1. The quantitative estimate of drug-likeness (QED) is 0.898. The first-order valence-corrected chi connectivity index (χ1v) is 7.47. The standard InChI is InChI=1S/C15H20N4O2/c1-2-12-10(5-4-8-21-12)15(20)17-9-13-18-11-6-3-7-16-14(11)19-13/h3,6-7,10,12H,2,4-5,8-9H2,1H3,(H,17,20)(H,16,18,19). The SMILES string of the molecule is CCC1OCCCC1C(=O)NCc1nc2ncccc2[nH]1. The van der Waals surface area contributed by atoms with E-state index in [0.29, 0.717) is 12.2 Å². The molecule has 112 valence electrons. The molecule has 0 aromatic carbocycles. The van der Waals surface area contributed by atoms with Crippen molar-refractivity contribution in [3.8, 4) is 0 Å². The van der Waals surface area contributed by atoms with E-state index in [4.69, 9.17) is 4.74 Å². The first kappa shape index (κ1) is 14.0. The van der Waals surface area contributed by atoms with Gasteiger partial charge in [0.05, 0.1) is 24.1 Å². The fourth-order valence-corrected chi connectivity index (χ4v) is 2.82. The van der Waals surface area contributed by atoms with E-state index >= 15 is 0 Å². The maximum Gasteiger partial charge on any atom is 0.226 e. The summed E-state index contributed by atoms with van der Waals surface area (Å²) in [5.74, 6) is 0.725. The van der Waals surface area contributed by atoms with Gasteiger partial charge in [-0.25, -0.2) is 9.97 Å². The first-order valence-electron chi connectivity index (χ1n) is 7.47. The van der Waals surface area contributed by atoms with E-state index < -0.39 is 0 Å². The molecule has 1 fully saturated rings. The van der Waals surface area contributed by atoms with Crippen LogP contribution in [0.1, 0.15) is 32.0 Å². The van der Waals surface area contributed by atoms with Crippen LogP contribution in [0.25, 0.3) is 11.2 Å². The predicted octanol–water partition coefficient (Wildman–Crippen LogP) is 1.78. The Morgan fingerprint density at radius 3 is 3.29 bits per heavy atom. The zero-order valence-electron chi connectivity index (χ0n) is 12.1. The van der Waals surface area contributed by atoms with Gasteiger partial charge in [0.25, 0.3) is 0 Å². The number of nitrogens with one attached hydrogen (secondary N) is 2. The summed E-state index contributed by atoms with van der Waals surface area (Å²) in [6, 6.07) is 3.77. The molecule has 1 aliphatic heterocycles. The van der Waals surface area contributed by atoms with Crippen LogP contribution >= 0.6 is 0 Å². The molecule has 0 radical (unpaired) electrons. The monoisotopic (exact) mass is 288 g/mol. The van der Waals surface area contributed by atoms with Crippen LogP contribution in [0.2, 0.25) is 0 Å². The van der Waals surface area contributed by atoms with Gasteiger partial charge in [-0.1, -0.05) is 6.92 Å². The van der Waals surface area contributed by atoms with E-state index in [9.17, 15) is 4.79 Å². The van der Waals surface area contributed by atoms with Crippen molar-refractivity contribution in [1.29, 1.82) is 0 Å². The number of fused-ring (bicyclic) bond motifs is 1. The highest BCUT2D eigenvalue weighted by Gasteiger charge is 2.30. The molecule has 21 heavy (non-hydrogen) atoms. The second kappa shape index (κ2) is 6.22. The Hall–Kier alpha value is -1.95. The van der Waals surface area contributed by atoms with Gasteiger partial charge in [-0.2, -0.15) is 0 Å². The zero-order valence-corrected chi connectivity index (χ0v) is 12.1. The molecule has 2 aromatic heterocycles. The van der Waals surface area contributed by atoms with Crippen LogP contribution in [0, 0.1) is 5.92 Å². The minimum Gasteiger partial charge on any atom is -0.377 e. The molecular weight excluding hydrogens is 268 g/mol. The maximum absolute atomic E-state index is 12.3. The molecule has 0 saturated carbocycles. The van der Waals surface area contributed by atoms with Gasteiger partial charge in [-0.3, -0.25) is 4.79 Å². The lowest BCUT2D eigenvalue weighted by atomic mass is 9.92. The number of carbonyl (C=O) groups excluding carboxylic acids is 1. The number of hydrogen-bond acceptors (Lipinski definition) is 4. The molecule has 1 amide bonds. The van der Waals surface area contributed by atoms with Crippen LogP contribution in [0.15, 0.2) is 18.3 Å². The van der Waals surface area contributed by atoms with Crippen molar-refractivity contribution in [2.45, 2.75) is 38.8 Å². The number of H-pyrrole nitrogens is 1. The largest absolute Gasteiger partial charge is 0.377 e. The lowest BCUT2D eigenvalue weighted by molar-refractivity contribution is -0.134. The Morgan fingerprint density at radius 2 is 2.48 bits per heavy atom. The smallest absolute Gasteiger partial charge is 0.226 e. The highest BCUT2D eigenvalue weighted by Crippen LogP contribution is 2.23. The fraction of sp³-hybridized carbons (Fsp3) is 0.533. The van der Waals surface area contributed by atoms with Crippen LogP contribution in [0.4, 0.5) is 0 Å². The van der Waals surface area contributed by atoms with E-state index in [0.717, 1.165) is 37.2 Å². The number of amides is 1. The second-order valence-corrected chi connectivity index (χ2v) is 5.34. The van der Waals surface area contributed by atoms with Crippen LogP contribution < -0.4 is 5.32 Å². The third-order valence-corrected chi connectivity index (χ3v) is 3.92. The zero-order chi connectivity index (χ0) is 14.7. The summed E-state index contributed by atoms with van der Waals surface area (Å²) < 4.78 is 5.67. The minimum atomic E-state index is -0.0498. The van der Waals surface area contributed by atoms with Crippen molar-refractivity contribution in [3.05, 3.63) is 24.2 Å². The molecule has 2 N–H and O–H groups in total. The molecule has 2 unspecified atom stereocenters. The van der Waals surface area contributed by atoms with Gasteiger partial charge >= 0.3 is 0 Å². The van der Waals surface area contributed by atoms with Crippen LogP contribution in [-0.2, 0) is 16.1 Å². The maximum atomic E-state index is 12.3. The fourth-order valence-electron chi connectivity index (χ4n) is 2.82. The summed E-state index contributed by atoms with van der Waals surface area (Å²) in [5.41, 5.74) is 1.56. The average molecular weight is 288 g/mol. The summed E-state index contributed by atoms with van der Waals surface area (Å²) in [4.78, 5) is 24.0. The van der Waals surface area contributed by atoms with E-state index in [-0.39, 0.29) is 17.9 Å². The van der Waals surface area contributed by atoms with Crippen LogP contribution in [-0.4, -0.2) is 33.6 Å². The van der Waals surface area contributed by atoms with Gasteiger partial charge in [0.2, 0.25) is 5.91 Å². The molecule has 0 bridgehead atoms. The Morgan fingerprint density at radius 1 is 1.57 bits per heavy atom. The van der Waals surface area contributed by atoms with Gasteiger partial charge < -0.3 is 15.0 Å². The highest BCUT2D eigenvalue weighted by molar-refractivity contribution is 5.79. The Labute approximate surface area is 123 Å². The summed E-state index contributed by atoms with van der Waals surface area (Å²) in [6.07, 6.45) is 4.45. The van der Waals surface area contributed by atoms with E-state index in [1.807, 2.05) is 12.1 Å². The number of nitrogens with zero attached hydrogens (tertiary/aromatic N) is 2. The van der Waals surface area contributed by atoms with Crippen molar-refractivity contribution >= 4 is 17.1 Å². The summed E-state index contributed by atoms with van der Waals surface area (Å²) in [6.45, 7) is 3.21. The Bertz CT molecular complexity index is 592. The van der Waals surface area contributed by atoms with Crippen LogP contribution in [0.5, 0.6) is 0 Å². The average Bonchev–Trinajstić information content (AvgIpc) is 2.95. The number of aromatic nitrogens is 3. The first-order chi connectivity index (χ1) is 10.3. The lowest BCUT2D eigenvalue weighted by Crippen LogP contribution is -2.41. The van der Waals surface area contributed by atoms with Crippen molar-refractivity contribution in [2.24, 2.45) is 5.92 Å². The normalized spacial score (nSPS) is 22.3. The third-order valence-electron chi connectivity index (χ3n) is 3.92. The van der Waals surface area contributed by atoms with Crippen molar-refractivity contribution in [2.75, 3.05) is 6.61 Å². The van der Waals surface area contributed by atoms with Gasteiger partial charge in [-0.05, 0) is 31.4 Å². The minimum absolute atomic E-state index is 0.0380. The Kier molecular flexibility index (Phi) is 4.15. The van der Waals surface area contributed by atoms with Gasteiger partial charge in [0, 0.05) is 12.8 Å². The van der Waals surface area contributed by atoms with Crippen molar-refractivity contribution in [3.63, 3.8) is 0 Å². The van der Waals surface area contributed by atoms with Gasteiger partial charge in [-0.15, -0.1) is 0 Å². The molecule has 6 nitrogen and oxygen atoms in total. The number of carbonyl (C=O) groups is 1. The third kappa shape index (κ3) is 3.05. The van der Waals surface area contributed by atoms with E-state index in [2.05, 4.69) is 27.2 Å². The number of rotatable bonds is 4. The molecule has 1 aliphatic rings. The van der Waals surface area contributed by atoms with Gasteiger partial charge in [0.15, 0.2) is 5.65 Å². The highest BCUT2D eigenvalue weighted by atomic mass is 16.5. The van der Waals surface area contributed by atoms with Crippen molar-refractivity contribution in [1.82, 2.24) is 20.3 Å². The number of ether oxygens (including phenoxy) is 1. The molecule has 2 atom stereocenters. The molecule has 0 spiro atoms. The summed E-state index contributed by atoms with van der Waals surface area (Å²) >= 11 is 0. The molecule has 3 heterocycles. The number of pyridine rings is 1. The van der Waals surface area contributed by atoms with Crippen molar-refractivity contribution < 1.29 is 9.53 Å². The summed E-state index contributed by atoms with van der Waals surface area (Å²) in [5, 5.41) is 2.95. The number of imidazole rings is 1. The predicted molar refractivity (Wildman–Crippen MR) is 78.5 cm³/mol. The van der Waals surface area contributed by atoms with Gasteiger partial charge in [0.1, 0.15) is 5.82 Å². The molecule has 6 heteroatoms.